The largest absolute Gasteiger partial charge is 0.494 e. The van der Waals surface area contributed by atoms with Gasteiger partial charge in [0.25, 0.3) is 0 Å². The second-order valence-corrected chi connectivity index (χ2v) is 9.63. The van der Waals surface area contributed by atoms with Crippen LogP contribution in [0.4, 0.5) is 0 Å². The van der Waals surface area contributed by atoms with Gasteiger partial charge in [-0.3, -0.25) is 4.90 Å². The van der Waals surface area contributed by atoms with Crippen LogP contribution in [0.3, 0.4) is 0 Å². The molecular formula is C27H34IN3O3. The van der Waals surface area contributed by atoms with Gasteiger partial charge in [0, 0.05) is 19.6 Å². The summed E-state index contributed by atoms with van der Waals surface area (Å²) in [5.74, 6) is 1.77. The quantitative estimate of drug-likeness (QED) is 0.204. The van der Waals surface area contributed by atoms with Crippen molar-refractivity contribution in [1.29, 1.82) is 0 Å². The zero-order valence-corrected chi connectivity index (χ0v) is 22.2. The van der Waals surface area contributed by atoms with Crippen molar-refractivity contribution in [2.45, 2.75) is 37.4 Å². The monoisotopic (exact) mass is 575 g/mol. The van der Waals surface area contributed by atoms with E-state index >= 15 is 0 Å². The third-order valence-corrected chi connectivity index (χ3v) is 6.87. The highest BCUT2D eigenvalue weighted by atomic mass is 127. The molecule has 0 radical (unpaired) electrons. The highest BCUT2D eigenvalue weighted by molar-refractivity contribution is 14.1. The Kier molecular flexibility index (Phi) is 8.98. The molecule has 6 nitrogen and oxygen atoms in total. The van der Waals surface area contributed by atoms with E-state index in [1.54, 1.807) is 6.26 Å². The molecule has 0 saturated carbocycles. The molecule has 0 bridgehead atoms. The van der Waals surface area contributed by atoms with Crippen LogP contribution in [0.1, 0.15) is 37.8 Å². The average molecular weight is 575 g/mol. The molecule has 0 fully saturated rings. The number of nitrogens with one attached hydrogen (secondary N) is 1. The Hall–Kier alpha value is -2.39. The highest BCUT2D eigenvalue weighted by Crippen LogP contribution is 2.32. The van der Waals surface area contributed by atoms with E-state index in [0.717, 1.165) is 37.6 Å². The molecule has 0 aromatic heterocycles. The van der Waals surface area contributed by atoms with Gasteiger partial charge < -0.3 is 24.4 Å². The number of alkyl halides is 1. The normalized spacial score (nSPS) is 17.5. The van der Waals surface area contributed by atoms with E-state index in [0.29, 0.717) is 19.9 Å². The van der Waals surface area contributed by atoms with Crippen molar-refractivity contribution in [3.63, 3.8) is 0 Å². The van der Waals surface area contributed by atoms with Gasteiger partial charge in [0.2, 0.25) is 6.79 Å². The van der Waals surface area contributed by atoms with E-state index in [1.807, 2.05) is 13.0 Å². The first-order valence-electron chi connectivity index (χ1n) is 12.0. The molecule has 2 aromatic rings. The van der Waals surface area contributed by atoms with Crippen LogP contribution < -0.4 is 10.1 Å². The molecule has 0 aliphatic carbocycles. The maximum Gasteiger partial charge on any atom is 0.229 e. The van der Waals surface area contributed by atoms with Crippen LogP contribution in [-0.4, -0.2) is 47.0 Å². The van der Waals surface area contributed by atoms with Gasteiger partial charge in [0.05, 0.1) is 24.5 Å². The van der Waals surface area contributed by atoms with Crippen LogP contribution in [0.15, 0.2) is 72.3 Å². The number of nitrogens with zero attached hydrogens (tertiary/aromatic N) is 2. The van der Waals surface area contributed by atoms with Crippen molar-refractivity contribution in [2.24, 2.45) is 0 Å². The third-order valence-electron chi connectivity index (χ3n) is 5.88. The molecule has 34 heavy (non-hydrogen) atoms. The number of unbranched alkanes of at least 4 members (excludes halogenated alkanes) is 1. The van der Waals surface area contributed by atoms with Crippen LogP contribution >= 0.6 is 22.6 Å². The molecule has 4 rings (SSSR count). The summed E-state index contributed by atoms with van der Waals surface area (Å²) in [7, 11) is 0. The summed E-state index contributed by atoms with van der Waals surface area (Å²) in [6.07, 6.45) is 4.06. The fraction of sp³-hybridized carbons (Fsp3) is 0.407. The van der Waals surface area contributed by atoms with Crippen molar-refractivity contribution in [3.05, 3.63) is 83.4 Å². The van der Waals surface area contributed by atoms with Gasteiger partial charge in [-0.05, 0) is 59.2 Å². The lowest BCUT2D eigenvalue weighted by Gasteiger charge is -2.30. The number of rotatable bonds is 12. The molecular weight excluding hydrogens is 541 g/mol. The van der Waals surface area contributed by atoms with E-state index in [-0.39, 0.29) is 4.17 Å². The molecule has 2 aromatic carbocycles. The SMILES string of the molecule is CCCCN1C(CN(CC2=COCO2)Cc2cccc(OCC)c2)=C(c2ccccc2)NC1I. The number of ether oxygens (including phenoxy) is 3. The smallest absolute Gasteiger partial charge is 0.229 e. The Morgan fingerprint density at radius 1 is 1.09 bits per heavy atom. The number of hydrogen-bond donors (Lipinski definition) is 1. The predicted molar refractivity (Wildman–Crippen MR) is 144 cm³/mol. The molecule has 2 heterocycles. The molecule has 0 saturated heterocycles. The molecule has 0 amide bonds. The molecule has 2 aliphatic rings. The van der Waals surface area contributed by atoms with Crippen LogP contribution in [0.5, 0.6) is 5.75 Å². The third kappa shape index (κ3) is 6.39. The fourth-order valence-corrected chi connectivity index (χ4v) is 5.20. The first-order chi connectivity index (χ1) is 16.7. The summed E-state index contributed by atoms with van der Waals surface area (Å²) < 4.78 is 17.0. The van der Waals surface area contributed by atoms with Crippen LogP contribution in [0, 0.1) is 0 Å². The van der Waals surface area contributed by atoms with Crippen molar-refractivity contribution < 1.29 is 14.2 Å². The summed E-state index contributed by atoms with van der Waals surface area (Å²) in [6.45, 7) is 8.49. The Bertz CT molecular complexity index is 996. The van der Waals surface area contributed by atoms with E-state index in [1.165, 1.54) is 28.9 Å². The maximum absolute atomic E-state index is 5.74. The second kappa shape index (κ2) is 12.4. The van der Waals surface area contributed by atoms with Crippen molar-refractivity contribution in [2.75, 3.05) is 33.0 Å². The Labute approximate surface area is 216 Å². The molecule has 1 unspecified atom stereocenters. The minimum Gasteiger partial charge on any atom is -0.494 e. The van der Waals surface area contributed by atoms with Crippen molar-refractivity contribution in [1.82, 2.24) is 15.1 Å². The molecule has 0 spiro atoms. The van der Waals surface area contributed by atoms with Crippen LogP contribution in [0.2, 0.25) is 0 Å². The van der Waals surface area contributed by atoms with Gasteiger partial charge in [0.15, 0.2) is 4.17 Å². The first kappa shape index (κ1) is 24.7. The zero-order valence-electron chi connectivity index (χ0n) is 20.0. The fourth-order valence-electron chi connectivity index (χ4n) is 4.27. The molecule has 182 valence electrons. The van der Waals surface area contributed by atoms with E-state index < -0.39 is 0 Å². The molecule has 1 N–H and O–H groups in total. The van der Waals surface area contributed by atoms with E-state index in [9.17, 15) is 0 Å². The summed E-state index contributed by atoms with van der Waals surface area (Å²) >= 11 is 2.51. The Morgan fingerprint density at radius 2 is 1.94 bits per heavy atom. The zero-order chi connectivity index (χ0) is 23.8. The van der Waals surface area contributed by atoms with Gasteiger partial charge in [-0.1, -0.05) is 55.8 Å². The summed E-state index contributed by atoms with van der Waals surface area (Å²) in [4.78, 5) is 4.93. The molecule has 2 aliphatic heterocycles. The number of halogens is 1. The number of hydrogen-bond acceptors (Lipinski definition) is 6. The summed E-state index contributed by atoms with van der Waals surface area (Å²) in [6, 6.07) is 19.0. The van der Waals surface area contributed by atoms with Crippen LogP contribution in [0.25, 0.3) is 5.70 Å². The van der Waals surface area contributed by atoms with Crippen molar-refractivity contribution in [3.8, 4) is 5.75 Å². The van der Waals surface area contributed by atoms with Gasteiger partial charge in [0.1, 0.15) is 17.8 Å². The Morgan fingerprint density at radius 3 is 2.68 bits per heavy atom. The van der Waals surface area contributed by atoms with Gasteiger partial charge >= 0.3 is 0 Å². The minimum absolute atomic E-state index is 0.225. The lowest BCUT2D eigenvalue weighted by molar-refractivity contribution is 0.0721. The number of benzene rings is 2. The standard InChI is InChI=1S/C27H34IN3O3/c1-3-5-14-31-25(26(29-27(31)28)22-11-7-6-8-12-22)18-30(17-24-19-32-20-34-24)16-21-10-9-13-23(15-21)33-4-2/h6-13,15,19,27,29H,3-5,14,16-18,20H2,1-2H3. The average Bonchev–Trinajstić information content (AvgIpc) is 3.46. The predicted octanol–water partition coefficient (Wildman–Crippen LogP) is 5.53. The van der Waals surface area contributed by atoms with Gasteiger partial charge in [-0.25, -0.2) is 0 Å². The van der Waals surface area contributed by atoms with Crippen molar-refractivity contribution >= 4 is 28.3 Å². The van der Waals surface area contributed by atoms with Gasteiger partial charge in [-0.2, -0.15) is 0 Å². The summed E-state index contributed by atoms with van der Waals surface area (Å²) in [5, 5.41) is 3.74. The highest BCUT2D eigenvalue weighted by Gasteiger charge is 2.31. The maximum atomic E-state index is 5.74. The molecule has 7 heteroatoms. The summed E-state index contributed by atoms with van der Waals surface area (Å²) in [5.41, 5.74) is 4.96. The second-order valence-electron chi connectivity index (χ2n) is 8.45. The van der Waals surface area contributed by atoms with Crippen LogP contribution in [-0.2, 0) is 16.0 Å². The van der Waals surface area contributed by atoms with E-state index in [2.05, 4.69) is 93.2 Å². The minimum atomic E-state index is 0.225. The van der Waals surface area contributed by atoms with E-state index in [4.69, 9.17) is 14.2 Å². The first-order valence-corrected chi connectivity index (χ1v) is 13.3. The van der Waals surface area contributed by atoms with Gasteiger partial charge in [-0.15, -0.1) is 0 Å². The molecule has 1 atom stereocenters. The lowest BCUT2D eigenvalue weighted by atomic mass is 10.1. The lowest BCUT2D eigenvalue weighted by Crippen LogP contribution is -2.37. The Balaban J connectivity index is 1.64. The topological polar surface area (TPSA) is 46.2 Å².